The normalized spacial score (nSPS) is 20.6. The van der Waals surface area contributed by atoms with Gasteiger partial charge in [-0.2, -0.15) is 0 Å². The van der Waals surface area contributed by atoms with Crippen LogP contribution in [-0.2, 0) is 27.7 Å². The fourth-order valence-electron chi connectivity index (χ4n) is 4.66. The zero-order valence-corrected chi connectivity index (χ0v) is 22.5. The van der Waals surface area contributed by atoms with Gasteiger partial charge < -0.3 is 10.6 Å². The Labute approximate surface area is 225 Å². The van der Waals surface area contributed by atoms with Gasteiger partial charge in [-0.3, -0.25) is 19.5 Å². The van der Waals surface area contributed by atoms with Crippen molar-refractivity contribution in [2.24, 2.45) is 5.73 Å². The average Bonchev–Trinajstić information content (AvgIpc) is 3.41. The van der Waals surface area contributed by atoms with E-state index in [1.807, 2.05) is 24.3 Å². The van der Waals surface area contributed by atoms with Crippen LogP contribution < -0.4 is 11.2 Å². The summed E-state index contributed by atoms with van der Waals surface area (Å²) >= 11 is 0. The third-order valence-corrected chi connectivity index (χ3v) is 9.46. The van der Waals surface area contributed by atoms with Crippen LogP contribution in [0.1, 0.15) is 42.1 Å². The number of hydrogen-bond donors (Lipinski definition) is 3. The molecule has 2 atom stereocenters. The molecule has 2 amide bonds. The van der Waals surface area contributed by atoms with Crippen LogP contribution in [-0.4, -0.2) is 82.5 Å². The Morgan fingerprint density at radius 1 is 1.26 bits per heavy atom. The fourth-order valence-corrected chi connectivity index (χ4v) is 5.50. The van der Waals surface area contributed by atoms with Gasteiger partial charge in [0.2, 0.25) is 0 Å². The van der Waals surface area contributed by atoms with E-state index in [0.29, 0.717) is 24.3 Å². The lowest BCUT2D eigenvalue weighted by Crippen LogP contribution is -2.54. The number of fused-ring (bicyclic) bond motifs is 1. The number of aromatic nitrogens is 1. The Balaban J connectivity index is 1.36. The molecule has 39 heavy (non-hydrogen) atoms. The second-order valence-electron chi connectivity index (χ2n) is 10.3. The number of benzene rings is 1. The minimum Gasteiger partial charge on any atom is -0.323 e. The van der Waals surface area contributed by atoms with Crippen LogP contribution in [0.25, 0.3) is 0 Å². The van der Waals surface area contributed by atoms with E-state index in [-0.39, 0.29) is 38.5 Å². The van der Waals surface area contributed by atoms with Gasteiger partial charge in [0.25, 0.3) is 11.8 Å². The van der Waals surface area contributed by atoms with Crippen molar-refractivity contribution in [1.29, 1.82) is 0 Å². The molecule has 2 unspecified atom stereocenters. The number of hydroxylamine groups is 1. The summed E-state index contributed by atoms with van der Waals surface area (Å²) in [7, 11) is -3.87. The lowest BCUT2D eigenvalue weighted by Gasteiger charge is -2.36. The molecule has 1 saturated heterocycles. The first-order valence-electron chi connectivity index (χ1n) is 12.3. The first kappa shape index (κ1) is 28.7. The first-order chi connectivity index (χ1) is 18.2. The van der Waals surface area contributed by atoms with E-state index in [1.54, 1.807) is 17.2 Å². The third kappa shape index (κ3) is 5.99. The summed E-state index contributed by atoms with van der Waals surface area (Å²) in [5.41, 5.74) is 9.82. The van der Waals surface area contributed by atoms with Crippen molar-refractivity contribution < 1.29 is 32.0 Å². The molecule has 2 aliphatic heterocycles. The highest BCUT2D eigenvalue weighted by molar-refractivity contribution is 7.92. The molecule has 2 aromatic rings. The predicted octanol–water partition coefficient (Wildman–Crippen LogP) is 1.54. The summed E-state index contributed by atoms with van der Waals surface area (Å²) in [5, 5.41) is 8.96. The van der Waals surface area contributed by atoms with Crippen molar-refractivity contribution in [3.63, 3.8) is 0 Å². The van der Waals surface area contributed by atoms with E-state index in [2.05, 4.69) is 11.8 Å². The number of halogens is 2. The SMILES string of the molecule is CC(CCN1Cc2cc(C#Cc3ccc(CN4CCC(N)C(F)(F)C4)cc3)cn2C1=O)(C(=O)NO)S(C)(=O)=O. The van der Waals surface area contributed by atoms with E-state index in [4.69, 9.17) is 10.9 Å². The molecule has 1 aromatic carbocycles. The van der Waals surface area contributed by atoms with E-state index < -0.39 is 32.5 Å². The Bertz CT molecular complexity index is 1430. The number of amides is 2. The summed E-state index contributed by atoms with van der Waals surface area (Å²) in [5.74, 6) is 2.10. The van der Waals surface area contributed by atoms with Crippen LogP contribution in [0.3, 0.4) is 0 Å². The number of piperidine rings is 1. The van der Waals surface area contributed by atoms with Gasteiger partial charge in [-0.25, -0.2) is 27.5 Å². The lowest BCUT2D eigenvalue weighted by atomic mass is 10.0. The Morgan fingerprint density at radius 2 is 1.92 bits per heavy atom. The first-order valence-corrected chi connectivity index (χ1v) is 14.2. The minimum atomic E-state index is -3.87. The third-order valence-electron chi connectivity index (χ3n) is 7.43. The number of hydrogen-bond acceptors (Lipinski definition) is 7. The van der Waals surface area contributed by atoms with Crippen LogP contribution in [0.15, 0.2) is 36.5 Å². The molecule has 0 spiro atoms. The van der Waals surface area contributed by atoms with Crippen molar-refractivity contribution >= 4 is 21.8 Å². The van der Waals surface area contributed by atoms with Crippen LogP contribution in [0.5, 0.6) is 0 Å². The maximum absolute atomic E-state index is 13.9. The van der Waals surface area contributed by atoms with Gasteiger partial charge in [-0.15, -0.1) is 0 Å². The van der Waals surface area contributed by atoms with Gasteiger partial charge in [0, 0.05) is 48.9 Å². The van der Waals surface area contributed by atoms with Gasteiger partial charge in [0.1, 0.15) is 0 Å². The molecule has 0 aliphatic carbocycles. The second-order valence-corrected chi connectivity index (χ2v) is 12.7. The number of nitrogens with two attached hydrogens (primary N) is 1. The molecule has 1 aromatic heterocycles. The number of likely N-dealkylation sites (tertiary alicyclic amines) is 1. The standard InChI is InChI=1S/C26H31F2N5O5S/c1-25(23(34)30-36,39(2,37)38)10-12-32-16-21-13-20(15-33(21)24(32)35)8-5-18-3-6-19(7-4-18)14-31-11-9-22(29)26(27,28)17-31/h3-4,6-7,13,15,22,36H,9-12,14,16-17,29H2,1-2H3,(H,30,34). The zero-order chi connectivity index (χ0) is 28.6. The largest absolute Gasteiger partial charge is 0.328 e. The number of carbonyl (C=O) groups excluding carboxylic acids is 2. The topological polar surface area (TPSA) is 138 Å². The minimum absolute atomic E-state index is 0.00720. The quantitative estimate of drug-likeness (QED) is 0.264. The van der Waals surface area contributed by atoms with E-state index >= 15 is 0 Å². The summed E-state index contributed by atoms with van der Waals surface area (Å²) in [6.45, 7) is 1.97. The number of nitrogens with zero attached hydrogens (tertiary/aromatic N) is 3. The van der Waals surface area contributed by atoms with Gasteiger partial charge >= 0.3 is 6.03 Å². The highest BCUT2D eigenvalue weighted by Crippen LogP contribution is 2.27. The molecule has 2 aliphatic rings. The second kappa shape index (κ2) is 10.7. The van der Waals surface area contributed by atoms with E-state index in [1.165, 1.54) is 21.9 Å². The van der Waals surface area contributed by atoms with Crippen molar-refractivity contribution in [2.75, 3.05) is 25.9 Å². The van der Waals surface area contributed by atoms with Crippen molar-refractivity contribution in [3.05, 3.63) is 58.9 Å². The van der Waals surface area contributed by atoms with Gasteiger partial charge in [-0.05, 0) is 43.5 Å². The molecule has 0 saturated carbocycles. The van der Waals surface area contributed by atoms with Gasteiger partial charge in [-0.1, -0.05) is 24.0 Å². The average molecular weight is 564 g/mol. The van der Waals surface area contributed by atoms with Crippen LogP contribution in [0, 0.1) is 11.8 Å². The monoisotopic (exact) mass is 563 g/mol. The lowest BCUT2D eigenvalue weighted by molar-refractivity contribution is -0.131. The van der Waals surface area contributed by atoms with Crippen LogP contribution in [0.2, 0.25) is 0 Å². The number of nitrogens with one attached hydrogen (secondary N) is 1. The molecule has 4 N–H and O–H groups in total. The molecule has 3 heterocycles. The molecule has 1 fully saturated rings. The summed E-state index contributed by atoms with van der Waals surface area (Å²) in [4.78, 5) is 28.0. The molecular weight excluding hydrogens is 532 g/mol. The molecule has 13 heteroatoms. The number of alkyl halides is 2. The Hall–Kier alpha value is -3.31. The van der Waals surface area contributed by atoms with Crippen molar-refractivity contribution in [1.82, 2.24) is 19.8 Å². The summed E-state index contributed by atoms with van der Waals surface area (Å²) in [6, 6.07) is 7.61. The highest BCUT2D eigenvalue weighted by atomic mass is 32.2. The number of rotatable bonds is 7. The molecule has 0 bridgehead atoms. The van der Waals surface area contributed by atoms with Gasteiger partial charge in [0.05, 0.1) is 19.1 Å². The molecule has 10 nitrogen and oxygen atoms in total. The van der Waals surface area contributed by atoms with Crippen molar-refractivity contribution in [3.8, 4) is 11.8 Å². The van der Waals surface area contributed by atoms with Crippen molar-refractivity contribution in [2.45, 2.75) is 49.6 Å². The summed E-state index contributed by atoms with van der Waals surface area (Å²) in [6.07, 6.45) is 2.56. The Morgan fingerprint density at radius 3 is 2.51 bits per heavy atom. The predicted molar refractivity (Wildman–Crippen MR) is 139 cm³/mol. The van der Waals surface area contributed by atoms with E-state index in [9.17, 15) is 26.8 Å². The Kier molecular flexibility index (Phi) is 7.86. The molecule has 0 radical (unpaired) electrons. The molecule has 210 valence electrons. The van der Waals surface area contributed by atoms with Crippen LogP contribution in [0.4, 0.5) is 13.6 Å². The maximum Gasteiger partial charge on any atom is 0.328 e. The molecule has 4 rings (SSSR count). The maximum atomic E-state index is 13.9. The number of sulfone groups is 1. The zero-order valence-electron chi connectivity index (χ0n) is 21.7. The van der Waals surface area contributed by atoms with Crippen LogP contribution >= 0.6 is 0 Å². The smallest absolute Gasteiger partial charge is 0.323 e. The fraction of sp³-hybridized carbons (Fsp3) is 0.462. The number of carbonyl (C=O) groups is 2. The summed E-state index contributed by atoms with van der Waals surface area (Å²) < 4.78 is 51.6. The van der Waals surface area contributed by atoms with E-state index in [0.717, 1.165) is 17.4 Å². The van der Waals surface area contributed by atoms with Gasteiger partial charge in [0.15, 0.2) is 14.6 Å². The molecular formula is C26H31F2N5O5S. The highest BCUT2D eigenvalue weighted by Gasteiger charge is 2.44.